The van der Waals surface area contributed by atoms with Crippen LogP contribution in [0.2, 0.25) is 0 Å². The minimum atomic E-state index is -0.225. The van der Waals surface area contributed by atoms with Gasteiger partial charge in [0.25, 0.3) is 0 Å². The van der Waals surface area contributed by atoms with E-state index in [-0.39, 0.29) is 5.82 Å². The maximum atomic E-state index is 13.6. The van der Waals surface area contributed by atoms with Gasteiger partial charge in [0.1, 0.15) is 11.6 Å². The highest BCUT2D eigenvalue weighted by atomic mass is 19.1. The number of hydrogen-bond acceptors (Lipinski definition) is 1. The van der Waals surface area contributed by atoms with E-state index in [2.05, 4.69) is 0 Å². The fourth-order valence-corrected chi connectivity index (χ4v) is 3.04. The number of aryl methyl sites for hydroxylation is 1. The first-order chi connectivity index (χ1) is 9.24. The Kier molecular flexibility index (Phi) is 3.45. The van der Waals surface area contributed by atoms with Gasteiger partial charge in [-0.05, 0) is 30.9 Å². The predicted molar refractivity (Wildman–Crippen MR) is 74.9 cm³/mol. The zero-order valence-corrected chi connectivity index (χ0v) is 11.4. The van der Waals surface area contributed by atoms with Gasteiger partial charge in [-0.1, -0.05) is 19.3 Å². The number of halogens is 1. The molecule has 0 amide bonds. The van der Waals surface area contributed by atoms with Crippen LogP contribution in [0.1, 0.15) is 32.1 Å². The average molecular weight is 261 g/mol. The molecule has 3 rings (SSSR count). The van der Waals surface area contributed by atoms with Gasteiger partial charge >= 0.3 is 0 Å². The van der Waals surface area contributed by atoms with Crippen LogP contribution in [0, 0.1) is 11.7 Å². The summed E-state index contributed by atoms with van der Waals surface area (Å²) >= 11 is 0. The molecule has 1 fully saturated rings. The monoisotopic (exact) mass is 261 g/mol. The van der Waals surface area contributed by atoms with E-state index in [9.17, 15) is 4.39 Å². The van der Waals surface area contributed by atoms with Crippen molar-refractivity contribution in [3.63, 3.8) is 0 Å². The van der Waals surface area contributed by atoms with Gasteiger partial charge in [-0.15, -0.1) is 0 Å². The summed E-state index contributed by atoms with van der Waals surface area (Å²) in [4.78, 5) is 0. The molecule has 0 atom stereocenters. The molecule has 2 nitrogen and oxygen atoms in total. The van der Waals surface area contributed by atoms with E-state index in [1.807, 2.05) is 23.9 Å². The third-order valence-electron chi connectivity index (χ3n) is 4.10. The molecule has 0 bridgehead atoms. The summed E-state index contributed by atoms with van der Waals surface area (Å²) in [6, 6.07) is 4.99. The lowest BCUT2D eigenvalue weighted by molar-refractivity contribution is 0.209. The molecule has 1 aromatic heterocycles. The van der Waals surface area contributed by atoms with E-state index in [1.165, 1.54) is 38.2 Å². The Morgan fingerprint density at radius 1 is 1.26 bits per heavy atom. The van der Waals surface area contributed by atoms with Crippen LogP contribution in [-0.2, 0) is 7.05 Å². The molecule has 19 heavy (non-hydrogen) atoms. The first kappa shape index (κ1) is 12.5. The van der Waals surface area contributed by atoms with Crippen molar-refractivity contribution in [3.8, 4) is 5.75 Å². The molecule has 0 spiro atoms. The van der Waals surface area contributed by atoms with Gasteiger partial charge in [0.2, 0.25) is 0 Å². The number of fused-ring (bicyclic) bond motifs is 1. The standard InChI is InChI=1S/C16H20FNO/c1-18-8-7-13-9-14(17)10-15(16(13)18)19-11-12-5-3-2-4-6-12/h7-10,12H,2-6,11H2,1H3. The molecule has 0 radical (unpaired) electrons. The van der Waals surface area contributed by atoms with Crippen molar-refractivity contribution >= 4 is 10.9 Å². The van der Waals surface area contributed by atoms with Gasteiger partial charge in [0, 0.05) is 24.7 Å². The minimum absolute atomic E-state index is 0.225. The van der Waals surface area contributed by atoms with Crippen LogP contribution in [0.5, 0.6) is 5.75 Å². The number of rotatable bonds is 3. The summed E-state index contributed by atoms with van der Waals surface area (Å²) in [5.41, 5.74) is 0.984. The topological polar surface area (TPSA) is 14.2 Å². The number of ether oxygens (including phenoxy) is 1. The summed E-state index contributed by atoms with van der Waals surface area (Å²) in [6.45, 7) is 0.712. The van der Waals surface area contributed by atoms with Gasteiger partial charge in [-0.25, -0.2) is 4.39 Å². The second kappa shape index (κ2) is 5.24. The smallest absolute Gasteiger partial charge is 0.146 e. The van der Waals surface area contributed by atoms with E-state index < -0.39 is 0 Å². The van der Waals surface area contributed by atoms with E-state index >= 15 is 0 Å². The van der Waals surface area contributed by atoms with Crippen molar-refractivity contribution < 1.29 is 9.13 Å². The minimum Gasteiger partial charge on any atom is -0.491 e. The molecule has 0 saturated heterocycles. The molecule has 0 unspecified atom stereocenters. The molecular formula is C16H20FNO. The van der Waals surface area contributed by atoms with Crippen molar-refractivity contribution in [2.75, 3.05) is 6.61 Å². The van der Waals surface area contributed by atoms with Crippen molar-refractivity contribution in [1.82, 2.24) is 4.57 Å². The number of aromatic nitrogens is 1. The third-order valence-corrected chi connectivity index (χ3v) is 4.10. The summed E-state index contributed by atoms with van der Waals surface area (Å²) < 4.78 is 21.5. The Morgan fingerprint density at radius 3 is 2.84 bits per heavy atom. The van der Waals surface area contributed by atoms with Gasteiger partial charge in [0.15, 0.2) is 0 Å². The molecule has 102 valence electrons. The van der Waals surface area contributed by atoms with Crippen molar-refractivity contribution in [2.24, 2.45) is 13.0 Å². The first-order valence-corrected chi connectivity index (χ1v) is 7.11. The Balaban J connectivity index is 1.81. The quantitative estimate of drug-likeness (QED) is 0.804. The molecule has 0 N–H and O–H groups in total. The Hall–Kier alpha value is -1.51. The second-order valence-electron chi connectivity index (χ2n) is 5.58. The summed E-state index contributed by atoms with van der Waals surface area (Å²) in [5, 5.41) is 0.904. The average Bonchev–Trinajstić information content (AvgIpc) is 2.79. The fraction of sp³-hybridized carbons (Fsp3) is 0.500. The highest BCUT2D eigenvalue weighted by Crippen LogP contribution is 2.30. The summed E-state index contributed by atoms with van der Waals surface area (Å²) in [6.07, 6.45) is 8.38. The van der Waals surface area contributed by atoms with Crippen molar-refractivity contribution in [2.45, 2.75) is 32.1 Å². The molecule has 2 aromatic rings. The van der Waals surface area contributed by atoms with E-state index in [1.54, 1.807) is 6.07 Å². The highest BCUT2D eigenvalue weighted by molar-refractivity contribution is 5.86. The normalized spacial score (nSPS) is 16.9. The molecule has 1 heterocycles. The Labute approximate surface area is 113 Å². The lowest BCUT2D eigenvalue weighted by atomic mass is 9.90. The number of benzene rings is 1. The maximum Gasteiger partial charge on any atom is 0.146 e. The van der Waals surface area contributed by atoms with Crippen molar-refractivity contribution in [1.29, 1.82) is 0 Å². The van der Waals surface area contributed by atoms with Crippen LogP contribution >= 0.6 is 0 Å². The molecule has 0 aliphatic heterocycles. The van der Waals surface area contributed by atoms with E-state index in [0.29, 0.717) is 18.3 Å². The van der Waals surface area contributed by atoms with Crippen LogP contribution in [0.4, 0.5) is 4.39 Å². The van der Waals surface area contributed by atoms with Gasteiger partial charge in [-0.2, -0.15) is 0 Å². The predicted octanol–water partition coefficient (Wildman–Crippen LogP) is 4.28. The summed E-state index contributed by atoms with van der Waals surface area (Å²) in [7, 11) is 1.97. The van der Waals surface area contributed by atoms with Crippen LogP contribution in [0.3, 0.4) is 0 Å². The van der Waals surface area contributed by atoms with Crippen LogP contribution in [0.15, 0.2) is 24.4 Å². The molecule has 1 saturated carbocycles. The second-order valence-corrected chi connectivity index (χ2v) is 5.58. The lowest BCUT2D eigenvalue weighted by Gasteiger charge is -2.22. The van der Waals surface area contributed by atoms with Gasteiger partial charge in [0.05, 0.1) is 12.1 Å². The maximum absolute atomic E-state index is 13.6. The van der Waals surface area contributed by atoms with E-state index in [0.717, 1.165) is 10.9 Å². The summed E-state index contributed by atoms with van der Waals surface area (Å²) in [5.74, 6) is 1.08. The van der Waals surface area contributed by atoms with Gasteiger partial charge < -0.3 is 9.30 Å². The largest absolute Gasteiger partial charge is 0.491 e. The Bertz CT molecular complexity index is 569. The molecule has 1 aliphatic carbocycles. The van der Waals surface area contributed by atoms with Crippen LogP contribution in [-0.4, -0.2) is 11.2 Å². The SMILES string of the molecule is Cn1ccc2cc(F)cc(OCC3CCCCC3)c21. The molecule has 1 aromatic carbocycles. The Morgan fingerprint density at radius 2 is 2.05 bits per heavy atom. The van der Waals surface area contributed by atoms with E-state index in [4.69, 9.17) is 4.74 Å². The third kappa shape index (κ3) is 2.60. The number of hydrogen-bond donors (Lipinski definition) is 0. The molecular weight excluding hydrogens is 241 g/mol. The zero-order valence-electron chi connectivity index (χ0n) is 11.4. The van der Waals surface area contributed by atoms with Crippen LogP contribution < -0.4 is 4.74 Å². The van der Waals surface area contributed by atoms with Crippen LogP contribution in [0.25, 0.3) is 10.9 Å². The molecule has 3 heteroatoms. The fourth-order valence-electron chi connectivity index (χ4n) is 3.04. The first-order valence-electron chi connectivity index (χ1n) is 7.11. The lowest BCUT2D eigenvalue weighted by Crippen LogP contribution is -2.15. The number of nitrogens with zero attached hydrogens (tertiary/aromatic N) is 1. The van der Waals surface area contributed by atoms with Crippen molar-refractivity contribution in [3.05, 3.63) is 30.2 Å². The molecule has 1 aliphatic rings. The van der Waals surface area contributed by atoms with Gasteiger partial charge in [-0.3, -0.25) is 0 Å². The highest BCUT2D eigenvalue weighted by Gasteiger charge is 2.15. The zero-order chi connectivity index (χ0) is 13.2.